The Bertz CT molecular complexity index is 913. The molecule has 0 radical (unpaired) electrons. The number of anilines is 1. The number of carbonyl (C=O) groups is 1. The van der Waals surface area contributed by atoms with Gasteiger partial charge in [0.2, 0.25) is 0 Å². The minimum absolute atomic E-state index is 0.131. The molecule has 0 bridgehead atoms. The molecule has 3 rings (SSSR count). The van der Waals surface area contributed by atoms with Crippen molar-refractivity contribution in [2.75, 3.05) is 24.6 Å². The monoisotopic (exact) mass is 450 g/mol. The molecule has 2 saturated heterocycles. The summed E-state index contributed by atoms with van der Waals surface area (Å²) in [4.78, 5) is 26.4. The molecule has 1 atom stereocenters. The SMILES string of the molecule is C=C/C(C)=C(\C)CC1(OC(N)=O)CCN(c2cnn(C3CCCCO3)c(=O)c2Cl)CC1. The largest absolute Gasteiger partial charge is 0.443 e. The molecular formula is C22H31ClN4O4. The minimum atomic E-state index is -0.785. The molecule has 1 aromatic rings. The van der Waals surface area contributed by atoms with Gasteiger partial charge in [-0.3, -0.25) is 4.79 Å². The van der Waals surface area contributed by atoms with E-state index in [-0.39, 0.29) is 16.8 Å². The van der Waals surface area contributed by atoms with Gasteiger partial charge in [-0.05, 0) is 33.1 Å². The summed E-state index contributed by atoms with van der Waals surface area (Å²) in [6, 6.07) is 0. The lowest BCUT2D eigenvalue weighted by Crippen LogP contribution is -2.48. The van der Waals surface area contributed by atoms with Crippen molar-refractivity contribution in [1.29, 1.82) is 0 Å². The average molecular weight is 451 g/mol. The summed E-state index contributed by atoms with van der Waals surface area (Å²) in [6.07, 6.45) is 6.68. The van der Waals surface area contributed by atoms with Gasteiger partial charge in [0.05, 0.1) is 11.9 Å². The van der Waals surface area contributed by atoms with Gasteiger partial charge in [0.25, 0.3) is 5.56 Å². The number of allylic oxidation sites excluding steroid dienone is 2. The zero-order valence-electron chi connectivity index (χ0n) is 18.2. The van der Waals surface area contributed by atoms with Gasteiger partial charge < -0.3 is 20.1 Å². The van der Waals surface area contributed by atoms with Crippen molar-refractivity contribution in [1.82, 2.24) is 9.78 Å². The van der Waals surface area contributed by atoms with Crippen molar-refractivity contribution in [3.05, 3.63) is 45.4 Å². The summed E-state index contributed by atoms with van der Waals surface area (Å²) in [7, 11) is 0. The number of hydrogen-bond donors (Lipinski definition) is 1. The number of rotatable bonds is 6. The maximum Gasteiger partial charge on any atom is 0.405 e. The maximum atomic E-state index is 12.8. The molecule has 1 amide bonds. The molecule has 0 aromatic carbocycles. The molecule has 1 aromatic heterocycles. The van der Waals surface area contributed by atoms with E-state index in [0.29, 0.717) is 44.6 Å². The summed E-state index contributed by atoms with van der Waals surface area (Å²) in [5.41, 5.74) is 7.06. The molecule has 1 unspecified atom stereocenters. The third kappa shape index (κ3) is 5.30. The van der Waals surface area contributed by atoms with E-state index in [1.807, 2.05) is 18.7 Å². The lowest BCUT2D eigenvalue weighted by molar-refractivity contribution is -0.0424. The molecule has 9 heteroatoms. The van der Waals surface area contributed by atoms with Crippen LogP contribution in [0.15, 0.2) is 34.8 Å². The van der Waals surface area contributed by atoms with E-state index >= 15 is 0 Å². The van der Waals surface area contributed by atoms with E-state index in [1.165, 1.54) is 4.68 Å². The minimum Gasteiger partial charge on any atom is -0.443 e. The summed E-state index contributed by atoms with van der Waals surface area (Å²) < 4.78 is 12.6. The molecule has 0 aliphatic carbocycles. The highest BCUT2D eigenvalue weighted by molar-refractivity contribution is 6.33. The standard InChI is InChI=1S/C22H31ClN4O4/c1-4-15(2)16(3)13-22(31-21(24)29)8-10-26(11-9-22)17-14-25-27(20(28)19(17)23)18-7-5-6-12-30-18/h4,14,18H,1,5-13H2,2-3H3,(H2,24,29)/b16-15+. The van der Waals surface area contributed by atoms with Crippen LogP contribution in [0.25, 0.3) is 0 Å². The number of aromatic nitrogens is 2. The van der Waals surface area contributed by atoms with Crippen molar-refractivity contribution in [2.45, 2.75) is 64.2 Å². The van der Waals surface area contributed by atoms with Crippen LogP contribution in [0.3, 0.4) is 0 Å². The topological polar surface area (TPSA) is 99.7 Å². The number of amides is 1. The number of hydrogen-bond acceptors (Lipinski definition) is 6. The van der Waals surface area contributed by atoms with E-state index in [4.69, 9.17) is 26.8 Å². The number of carbonyl (C=O) groups excluding carboxylic acids is 1. The normalized spacial score (nSPS) is 21.9. The van der Waals surface area contributed by atoms with Crippen LogP contribution in [0, 0.1) is 0 Å². The number of nitrogens with two attached hydrogens (primary N) is 1. The number of nitrogens with zero attached hydrogens (tertiary/aromatic N) is 3. The Labute approximate surface area is 187 Å². The summed E-state index contributed by atoms with van der Waals surface area (Å²) in [5.74, 6) is 0. The zero-order chi connectivity index (χ0) is 22.6. The lowest BCUT2D eigenvalue weighted by atomic mass is 9.84. The third-order valence-electron chi connectivity index (χ3n) is 6.25. The van der Waals surface area contributed by atoms with Crippen molar-refractivity contribution >= 4 is 23.4 Å². The van der Waals surface area contributed by atoms with Gasteiger partial charge in [0.15, 0.2) is 6.23 Å². The summed E-state index contributed by atoms with van der Waals surface area (Å²) in [6.45, 7) is 9.51. The highest BCUT2D eigenvalue weighted by Gasteiger charge is 2.39. The zero-order valence-corrected chi connectivity index (χ0v) is 19.0. The third-order valence-corrected chi connectivity index (χ3v) is 6.61. The first-order chi connectivity index (χ1) is 14.8. The van der Waals surface area contributed by atoms with Gasteiger partial charge in [-0.2, -0.15) is 9.78 Å². The first-order valence-corrected chi connectivity index (χ1v) is 11.1. The average Bonchev–Trinajstić information content (AvgIpc) is 2.76. The Hall–Kier alpha value is -2.32. The molecule has 2 fully saturated rings. The number of ether oxygens (including phenoxy) is 2. The molecule has 0 saturated carbocycles. The van der Waals surface area contributed by atoms with E-state index in [1.54, 1.807) is 12.3 Å². The number of piperidine rings is 1. The van der Waals surface area contributed by atoms with Gasteiger partial charge in [0, 0.05) is 39.0 Å². The Kier molecular flexibility index (Phi) is 7.43. The van der Waals surface area contributed by atoms with Gasteiger partial charge >= 0.3 is 6.09 Å². The van der Waals surface area contributed by atoms with Gasteiger partial charge in [0.1, 0.15) is 10.6 Å². The van der Waals surface area contributed by atoms with Gasteiger partial charge in [-0.15, -0.1) is 0 Å². The fraction of sp³-hybridized carbons (Fsp3) is 0.591. The molecule has 0 spiro atoms. The van der Waals surface area contributed by atoms with Crippen LogP contribution in [0.5, 0.6) is 0 Å². The molecule has 31 heavy (non-hydrogen) atoms. The molecular weight excluding hydrogens is 420 g/mol. The van der Waals surface area contributed by atoms with Crippen LogP contribution in [-0.2, 0) is 9.47 Å². The van der Waals surface area contributed by atoms with E-state index in [2.05, 4.69) is 11.7 Å². The fourth-order valence-corrected chi connectivity index (χ4v) is 4.51. The molecule has 8 nitrogen and oxygen atoms in total. The van der Waals surface area contributed by atoms with Crippen LogP contribution in [0.2, 0.25) is 5.02 Å². The number of halogens is 1. The second kappa shape index (κ2) is 9.87. The lowest BCUT2D eigenvalue weighted by Gasteiger charge is -2.42. The van der Waals surface area contributed by atoms with Crippen molar-refractivity contribution in [2.24, 2.45) is 5.73 Å². The van der Waals surface area contributed by atoms with Crippen molar-refractivity contribution in [3.63, 3.8) is 0 Å². The highest BCUT2D eigenvalue weighted by atomic mass is 35.5. The van der Waals surface area contributed by atoms with Gasteiger partial charge in [-0.25, -0.2) is 4.79 Å². The van der Waals surface area contributed by atoms with E-state index < -0.39 is 11.7 Å². The maximum absolute atomic E-state index is 12.8. The quantitative estimate of drug-likeness (QED) is 0.659. The Balaban J connectivity index is 1.78. The van der Waals surface area contributed by atoms with Crippen molar-refractivity contribution in [3.8, 4) is 0 Å². The Morgan fingerprint density at radius 2 is 2.13 bits per heavy atom. The predicted octanol–water partition coefficient (Wildman–Crippen LogP) is 3.94. The number of primary amides is 1. The first-order valence-electron chi connectivity index (χ1n) is 10.7. The Morgan fingerprint density at radius 3 is 2.71 bits per heavy atom. The van der Waals surface area contributed by atoms with Crippen LogP contribution >= 0.6 is 11.6 Å². The van der Waals surface area contributed by atoms with Crippen LogP contribution in [-0.4, -0.2) is 41.2 Å². The molecule has 2 aliphatic rings. The smallest absolute Gasteiger partial charge is 0.405 e. The van der Waals surface area contributed by atoms with Crippen LogP contribution < -0.4 is 16.2 Å². The predicted molar refractivity (Wildman–Crippen MR) is 120 cm³/mol. The molecule has 2 N–H and O–H groups in total. The van der Waals surface area contributed by atoms with Crippen LogP contribution in [0.4, 0.5) is 10.5 Å². The van der Waals surface area contributed by atoms with E-state index in [9.17, 15) is 9.59 Å². The molecule has 170 valence electrons. The summed E-state index contributed by atoms with van der Waals surface area (Å²) >= 11 is 6.46. The van der Waals surface area contributed by atoms with Crippen LogP contribution in [0.1, 0.15) is 58.6 Å². The second-order valence-corrected chi connectivity index (χ2v) is 8.73. The van der Waals surface area contributed by atoms with Gasteiger partial charge in [-0.1, -0.05) is 35.4 Å². The fourth-order valence-electron chi connectivity index (χ4n) is 4.26. The molecule has 3 heterocycles. The highest BCUT2D eigenvalue weighted by Crippen LogP contribution is 2.36. The van der Waals surface area contributed by atoms with E-state index in [0.717, 1.165) is 30.4 Å². The Morgan fingerprint density at radius 1 is 1.42 bits per heavy atom. The molecule has 2 aliphatic heterocycles. The summed E-state index contributed by atoms with van der Waals surface area (Å²) in [5, 5.41) is 4.47. The second-order valence-electron chi connectivity index (χ2n) is 8.35. The van der Waals surface area contributed by atoms with Crippen molar-refractivity contribution < 1.29 is 14.3 Å². The first kappa shape index (κ1) is 23.3.